The molecule has 0 aliphatic rings. The summed E-state index contributed by atoms with van der Waals surface area (Å²) < 4.78 is 0. The van der Waals surface area contributed by atoms with Gasteiger partial charge in [0.15, 0.2) is 0 Å². The van der Waals surface area contributed by atoms with E-state index in [4.69, 9.17) is 0 Å². The summed E-state index contributed by atoms with van der Waals surface area (Å²) >= 11 is 0. The number of anilines is 3. The van der Waals surface area contributed by atoms with Crippen LogP contribution in [0.2, 0.25) is 0 Å². The molecule has 0 aliphatic carbocycles. The Kier molecular flexibility index (Phi) is 8.86. The highest BCUT2D eigenvalue weighted by Crippen LogP contribution is 2.36. The van der Waals surface area contributed by atoms with E-state index in [1.165, 1.54) is 50.1 Å². The molecule has 0 N–H and O–H groups in total. The van der Waals surface area contributed by atoms with E-state index >= 15 is 0 Å². The first-order valence-electron chi connectivity index (χ1n) is 17.2. The van der Waals surface area contributed by atoms with Crippen molar-refractivity contribution in [2.24, 2.45) is 0 Å². The molecule has 0 amide bonds. The fourth-order valence-electron chi connectivity index (χ4n) is 6.85. The van der Waals surface area contributed by atoms with Crippen molar-refractivity contribution in [2.75, 3.05) is 4.90 Å². The maximum Gasteiger partial charge on any atom is 0.0462 e. The largest absolute Gasteiger partial charge is 0.311 e. The SMILES string of the molecule is c1ccc(C(c2ccccc2)c2ccc(-c3ccc(-c4ccc(-c5ccc(N(c6ccccc6)c6ccccc6)cc5)cc4)cc3)cc2)cc1. The Balaban J connectivity index is 0.986. The molecule has 0 atom stereocenters. The second kappa shape index (κ2) is 14.4. The van der Waals surface area contributed by atoms with Gasteiger partial charge in [0.25, 0.3) is 0 Å². The third kappa shape index (κ3) is 6.63. The lowest BCUT2D eigenvalue weighted by Crippen LogP contribution is -2.09. The molecule has 8 aromatic carbocycles. The normalized spacial score (nSPS) is 11.0. The summed E-state index contributed by atoms with van der Waals surface area (Å²) in [7, 11) is 0. The molecule has 0 radical (unpaired) electrons. The molecule has 1 heteroatoms. The summed E-state index contributed by atoms with van der Waals surface area (Å²) in [5.74, 6) is 0.202. The Morgan fingerprint density at radius 1 is 0.220 bits per heavy atom. The maximum absolute atomic E-state index is 2.29. The van der Waals surface area contributed by atoms with Crippen LogP contribution in [-0.4, -0.2) is 0 Å². The second-order valence-corrected chi connectivity index (χ2v) is 12.6. The van der Waals surface area contributed by atoms with Gasteiger partial charge in [0.2, 0.25) is 0 Å². The molecule has 0 saturated heterocycles. The lowest BCUT2D eigenvalue weighted by molar-refractivity contribution is 0.978. The number of rotatable bonds is 9. The van der Waals surface area contributed by atoms with Crippen LogP contribution in [0.15, 0.2) is 218 Å². The van der Waals surface area contributed by atoms with Gasteiger partial charge in [-0.05, 0) is 86.5 Å². The molecule has 1 nitrogen and oxygen atoms in total. The Morgan fingerprint density at radius 3 is 0.800 bits per heavy atom. The molecule has 8 aromatic rings. The first kappa shape index (κ1) is 30.9. The molecule has 0 aromatic heterocycles. The predicted molar refractivity (Wildman–Crippen MR) is 211 cm³/mol. The molecule has 0 heterocycles. The first-order chi connectivity index (χ1) is 24.8. The summed E-state index contributed by atoms with van der Waals surface area (Å²) in [5.41, 5.74) is 14.6. The number of nitrogens with zero attached hydrogens (tertiary/aromatic N) is 1. The van der Waals surface area contributed by atoms with Crippen molar-refractivity contribution in [1.29, 1.82) is 0 Å². The van der Waals surface area contributed by atoms with Gasteiger partial charge >= 0.3 is 0 Å². The van der Waals surface area contributed by atoms with E-state index in [2.05, 4.69) is 223 Å². The van der Waals surface area contributed by atoms with Crippen molar-refractivity contribution in [3.63, 3.8) is 0 Å². The van der Waals surface area contributed by atoms with Crippen molar-refractivity contribution in [3.05, 3.63) is 235 Å². The van der Waals surface area contributed by atoms with E-state index in [-0.39, 0.29) is 5.92 Å². The Labute approximate surface area is 295 Å². The second-order valence-electron chi connectivity index (χ2n) is 12.6. The van der Waals surface area contributed by atoms with Gasteiger partial charge in [-0.3, -0.25) is 0 Å². The molecule has 0 spiro atoms. The summed E-state index contributed by atoms with van der Waals surface area (Å²) in [6.07, 6.45) is 0. The third-order valence-corrected chi connectivity index (χ3v) is 9.43. The van der Waals surface area contributed by atoms with Crippen LogP contribution >= 0.6 is 0 Å². The van der Waals surface area contributed by atoms with Crippen LogP contribution in [0.3, 0.4) is 0 Å². The van der Waals surface area contributed by atoms with Crippen molar-refractivity contribution < 1.29 is 0 Å². The zero-order valence-electron chi connectivity index (χ0n) is 27.8. The molecule has 0 aliphatic heterocycles. The van der Waals surface area contributed by atoms with Gasteiger partial charge < -0.3 is 4.90 Å². The fraction of sp³-hybridized carbons (Fsp3) is 0.0204. The molecule has 50 heavy (non-hydrogen) atoms. The number of para-hydroxylation sites is 2. The van der Waals surface area contributed by atoms with Crippen LogP contribution in [0.25, 0.3) is 33.4 Å². The lowest BCUT2D eigenvalue weighted by atomic mass is 9.84. The quantitative estimate of drug-likeness (QED) is 0.142. The molecule has 0 unspecified atom stereocenters. The van der Waals surface area contributed by atoms with Gasteiger partial charge in [0.05, 0.1) is 0 Å². The first-order valence-corrected chi connectivity index (χ1v) is 17.2. The standard InChI is InChI=1S/C49H37N/c1-5-13-43(14-6-1)49(44-15-7-2-8-16-44)45-31-29-41(30-32-45)39-23-21-37(22-24-39)38-25-27-40(28-26-38)42-33-35-48(36-34-42)50(46-17-9-3-10-18-46)47-19-11-4-12-20-47/h1-36,49H. The Morgan fingerprint density at radius 2 is 0.460 bits per heavy atom. The van der Waals surface area contributed by atoms with E-state index in [0.717, 1.165) is 17.1 Å². The highest BCUT2D eigenvalue weighted by atomic mass is 15.1. The molecule has 0 saturated carbocycles. The van der Waals surface area contributed by atoms with E-state index in [9.17, 15) is 0 Å². The van der Waals surface area contributed by atoms with Crippen LogP contribution in [0, 0.1) is 0 Å². The van der Waals surface area contributed by atoms with Crippen molar-refractivity contribution in [2.45, 2.75) is 5.92 Å². The highest BCUT2D eigenvalue weighted by molar-refractivity contribution is 5.79. The van der Waals surface area contributed by atoms with Gasteiger partial charge in [-0.2, -0.15) is 0 Å². The van der Waals surface area contributed by atoms with Gasteiger partial charge in [-0.25, -0.2) is 0 Å². The van der Waals surface area contributed by atoms with Crippen LogP contribution in [0.4, 0.5) is 17.1 Å². The molecular formula is C49H37N. The van der Waals surface area contributed by atoms with Crippen LogP contribution in [0.1, 0.15) is 22.6 Å². The van der Waals surface area contributed by atoms with Crippen LogP contribution in [-0.2, 0) is 0 Å². The van der Waals surface area contributed by atoms with Crippen LogP contribution < -0.4 is 4.90 Å². The third-order valence-electron chi connectivity index (χ3n) is 9.43. The predicted octanol–water partition coefficient (Wildman–Crippen LogP) is 13.3. The monoisotopic (exact) mass is 639 g/mol. The van der Waals surface area contributed by atoms with Gasteiger partial charge in [-0.1, -0.05) is 182 Å². The fourth-order valence-corrected chi connectivity index (χ4v) is 6.85. The summed E-state index contributed by atoms with van der Waals surface area (Å²) in [6.45, 7) is 0. The van der Waals surface area contributed by atoms with E-state index in [1.54, 1.807) is 0 Å². The summed E-state index contributed by atoms with van der Waals surface area (Å²) in [4.78, 5) is 2.29. The Bertz CT molecular complexity index is 2000. The lowest BCUT2D eigenvalue weighted by Gasteiger charge is -2.25. The molecular weight excluding hydrogens is 603 g/mol. The van der Waals surface area contributed by atoms with E-state index in [1.807, 2.05) is 0 Å². The molecule has 0 bridgehead atoms. The van der Waals surface area contributed by atoms with Crippen molar-refractivity contribution >= 4 is 17.1 Å². The zero-order chi connectivity index (χ0) is 33.5. The number of benzene rings is 8. The highest BCUT2D eigenvalue weighted by Gasteiger charge is 2.17. The average Bonchev–Trinajstić information content (AvgIpc) is 3.21. The van der Waals surface area contributed by atoms with Gasteiger partial charge in [0, 0.05) is 23.0 Å². The van der Waals surface area contributed by atoms with Crippen molar-refractivity contribution in [3.8, 4) is 33.4 Å². The summed E-state index contributed by atoms with van der Waals surface area (Å²) in [5, 5.41) is 0. The minimum atomic E-state index is 0.202. The number of hydrogen-bond donors (Lipinski definition) is 0. The van der Waals surface area contributed by atoms with E-state index < -0.39 is 0 Å². The minimum absolute atomic E-state index is 0.202. The van der Waals surface area contributed by atoms with Crippen LogP contribution in [0.5, 0.6) is 0 Å². The van der Waals surface area contributed by atoms with Gasteiger partial charge in [-0.15, -0.1) is 0 Å². The number of hydrogen-bond acceptors (Lipinski definition) is 1. The topological polar surface area (TPSA) is 3.24 Å². The van der Waals surface area contributed by atoms with E-state index in [0.29, 0.717) is 0 Å². The van der Waals surface area contributed by atoms with Gasteiger partial charge in [0.1, 0.15) is 0 Å². The Hall–Kier alpha value is -6.44. The minimum Gasteiger partial charge on any atom is -0.311 e. The maximum atomic E-state index is 2.29. The van der Waals surface area contributed by atoms with Crippen molar-refractivity contribution in [1.82, 2.24) is 0 Å². The zero-order valence-corrected chi connectivity index (χ0v) is 27.8. The average molecular weight is 640 g/mol. The molecule has 0 fully saturated rings. The molecule has 238 valence electrons. The smallest absolute Gasteiger partial charge is 0.0462 e. The summed E-state index contributed by atoms with van der Waals surface area (Å²) in [6, 6.07) is 78.3. The molecule has 8 rings (SSSR count).